The summed E-state index contributed by atoms with van der Waals surface area (Å²) in [6, 6.07) is 3.97. The molecule has 26 heavy (non-hydrogen) atoms. The second-order valence-electron chi connectivity index (χ2n) is 6.57. The Morgan fingerprint density at radius 1 is 1.27 bits per heavy atom. The number of nitro benzene ring substituents is 1. The third kappa shape index (κ3) is 4.12. The maximum atomic E-state index is 12.7. The third-order valence-corrected chi connectivity index (χ3v) is 4.69. The van der Waals surface area contributed by atoms with Gasteiger partial charge in [-0.25, -0.2) is 4.79 Å². The first-order chi connectivity index (χ1) is 12.3. The second-order valence-corrected chi connectivity index (χ2v) is 6.57. The van der Waals surface area contributed by atoms with Crippen LogP contribution in [0.15, 0.2) is 18.2 Å². The molecule has 0 aliphatic carbocycles. The lowest BCUT2D eigenvalue weighted by atomic mass is 9.97. The number of carbonyl (C=O) groups is 2. The van der Waals surface area contributed by atoms with Crippen LogP contribution in [-0.2, 0) is 9.53 Å². The molecule has 1 fully saturated rings. The van der Waals surface area contributed by atoms with Crippen LogP contribution in [0.2, 0.25) is 0 Å². The lowest BCUT2D eigenvalue weighted by Gasteiger charge is -2.40. The highest BCUT2D eigenvalue weighted by Gasteiger charge is 2.33. The Kier molecular flexibility index (Phi) is 6.18. The molecule has 142 valence electrons. The van der Waals surface area contributed by atoms with Gasteiger partial charge in [0.05, 0.1) is 17.6 Å². The molecule has 1 heterocycles. The first-order valence-electron chi connectivity index (χ1n) is 8.61. The molecular formula is C18H24N2O6. The number of rotatable bonds is 5. The molecule has 0 bridgehead atoms. The number of amides is 1. The van der Waals surface area contributed by atoms with E-state index in [1.54, 1.807) is 4.90 Å². The van der Waals surface area contributed by atoms with E-state index in [0.29, 0.717) is 0 Å². The van der Waals surface area contributed by atoms with Crippen molar-refractivity contribution in [3.8, 4) is 5.75 Å². The van der Waals surface area contributed by atoms with Crippen LogP contribution in [0, 0.1) is 10.1 Å². The normalized spacial score (nSPS) is 21.0. The molecule has 0 unspecified atom stereocenters. The van der Waals surface area contributed by atoms with Crippen LogP contribution >= 0.6 is 0 Å². The first kappa shape index (κ1) is 19.7. The van der Waals surface area contributed by atoms with Crippen molar-refractivity contribution < 1.29 is 24.0 Å². The number of piperidine rings is 1. The fraction of sp³-hybridized carbons (Fsp3) is 0.556. The standard InChI is InChI=1S/C18H24N2O6/c1-11-6-5-7-12(2)19(11)17(21)13(3)26-18(22)14-8-9-16(25-4)15(10-14)20(23)24/h8-13H,5-7H2,1-4H3/t11-,12+,13-/m1/s1. The highest BCUT2D eigenvalue weighted by Crippen LogP contribution is 2.28. The molecule has 1 amide bonds. The largest absolute Gasteiger partial charge is 0.490 e. The third-order valence-electron chi connectivity index (χ3n) is 4.69. The van der Waals surface area contributed by atoms with E-state index in [4.69, 9.17) is 9.47 Å². The number of carbonyl (C=O) groups excluding carboxylic acids is 2. The molecule has 1 aromatic rings. The number of nitrogens with zero attached hydrogens (tertiary/aromatic N) is 2. The van der Waals surface area contributed by atoms with Gasteiger partial charge >= 0.3 is 11.7 Å². The average molecular weight is 364 g/mol. The predicted octanol–water partition coefficient (Wildman–Crippen LogP) is 2.94. The number of methoxy groups -OCH3 is 1. The number of benzene rings is 1. The van der Waals surface area contributed by atoms with Crippen molar-refractivity contribution in [3.63, 3.8) is 0 Å². The van der Waals surface area contributed by atoms with Crippen LogP contribution in [0.1, 0.15) is 50.4 Å². The van der Waals surface area contributed by atoms with E-state index in [9.17, 15) is 19.7 Å². The molecule has 0 N–H and O–H groups in total. The minimum absolute atomic E-state index is 0.00288. The SMILES string of the molecule is COc1ccc(C(=O)O[C@H](C)C(=O)N2[C@H](C)CCC[C@@H]2C)cc1[N+](=O)[O-]. The summed E-state index contributed by atoms with van der Waals surface area (Å²) in [4.78, 5) is 37.2. The molecule has 1 aliphatic rings. The number of esters is 1. The van der Waals surface area contributed by atoms with Crippen LogP contribution in [0.25, 0.3) is 0 Å². The van der Waals surface area contributed by atoms with Gasteiger partial charge in [0.25, 0.3) is 5.91 Å². The van der Waals surface area contributed by atoms with Crippen molar-refractivity contribution in [1.82, 2.24) is 4.90 Å². The zero-order chi connectivity index (χ0) is 19.4. The van der Waals surface area contributed by atoms with Crippen molar-refractivity contribution in [1.29, 1.82) is 0 Å². The molecule has 8 nitrogen and oxygen atoms in total. The number of ether oxygens (including phenoxy) is 2. The zero-order valence-corrected chi connectivity index (χ0v) is 15.4. The van der Waals surface area contributed by atoms with Gasteiger partial charge in [0, 0.05) is 18.2 Å². The molecule has 0 aromatic heterocycles. The Hall–Kier alpha value is -2.64. The molecule has 1 aliphatic heterocycles. The number of hydrogen-bond acceptors (Lipinski definition) is 6. The van der Waals surface area contributed by atoms with E-state index in [-0.39, 0.29) is 35.0 Å². The van der Waals surface area contributed by atoms with E-state index >= 15 is 0 Å². The van der Waals surface area contributed by atoms with Crippen LogP contribution in [0.5, 0.6) is 5.75 Å². The smallest absolute Gasteiger partial charge is 0.339 e. The summed E-state index contributed by atoms with van der Waals surface area (Å²) < 4.78 is 10.2. The van der Waals surface area contributed by atoms with Gasteiger partial charge in [-0.3, -0.25) is 14.9 Å². The molecule has 0 radical (unpaired) electrons. The molecule has 1 aromatic carbocycles. The van der Waals surface area contributed by atoms with Crippen LogP contribution in [0.3, 0.4) is 0 Å². The molecular weight excluding hydrogens is 340 g/mol. The summed E-state index contributed by atoms with van der Waals surface area (Å²) >= 11 is 0. The van der Waals surface area contributed by atoms with Gasteiger partial charge in [-0.05, 0) is 52.2 Å². The topological polar surface area (TPSA) is 99.0 Å². The minimum Gasteiger partial charge on any atom is -0.490 e. The van der Waals surface area contributed by atoms with Crippen molar-refractivity contribution in [2.75, 3.05) is 7.11 Å². The number of nitro groups is 1. The van der Waals surface area contributed by atoms with Crippen LogP contribution in [0.4, 0.5) is 5.69 Å². The van der Waals surface area contributed by atoms with Gasteiger partial charge in [0.1, 0.15) is 0 Å². The van der Waals surface area contributed by atoms with E-state index < -0.39 is 17.0 Å². The molecule has 2 rings (SSSR count). The van der Waals surface area contributed by atoms with Crippen molar-refractivity contribution >= 4 is 17.6 Å². The second kappa shape index (κ2) is 8.16. The van der Waals surface area contributed by atoms with E-state index in [1.165, 1.54) is 26.2 Å². The van der Waals surface area contributed by atoms with Gasteiger partial charge in [-0.15, -0.1) is 0 Å². The summed E-state index contributed by atoms with van der Waals surface area (Å²) in [5, 5.41) is 11.1. The lowest BCUT2D eigenvalue weighted by Crippen LogP contribution is -2.51. The van der Waals surface area contributed by atoms with Gasteiger partial charge in [0.2, 0.25) is 0 Å². The zero-order valence-electron chi connectivity index (χ0n) is 15.4. The van der Waals surface area contributed by atoms with E-state index in [0.717, 1.165) is 25.3 Å². The first-order valence-corrected chi connectivity index (χ1v) is 8.61. The highest BCUT2D eigenvalue weighted by molar-refractivity contribution is 5.93. The lowest BCUT2D eigenvalue weighted by molar-refractivity contribution is -0.385. The quantitative estimate of drug-likeness (QED) is 0.452. The molecule has 1 saturated heterocycles. The maximum absolute atomic E-state index is 12.7. The molecule has 8 heteroatoms. The summed E-state index contributed by atoms with van der Waals surface area (Å²) in [5.74, 6) is -0.985. The monoisotopic (exact) mass is 364 g/mol. The summed E-state index contributed by atoms with van der Waals surface area (Å²) in [7, 11) is 1.31. The van der Waals surface area contributed by atoms with Gasteiger partial charge in [0.15, 0.2) is 11.9 Å². The minimum atomic E-state index is -0.966. The summed E-state index contributed by atoms with van der Waals surface area (Å²) in [5.41, 5.74) is -0.337. The highest BCUT2D eigenvalue weighted by atomic mass is 16.6. The Balaban J connectivity index is 2.12. The maximum Gasteiger partial charge on any atom is 0.339 e. The van der Waals surface area contributed by atoms with Gasteiger partial charge < -0.3 is 14.4 Å². The fourth-order valence-corrected chi connectivity index (χ4v) is 3.30. The Morgan fingerprint density at radius 3 is 2.42 bits per heavy atom. The Bertz CT molecular complexity index is 695. The van der Waals surface area contributed by atoms with Crippen molar-refractivity contribution in [2.45, 2.75) is 58.2 Å². The van der Waals surface area contributed by atoms with Gasteiger partial charge in [-0.2, -0.15) is 0 Å². The van der Waals surface area contributed by atoms with E-state index in [2.05, 4.69) is 0 Å². The molecule has 0 spiro atoms. The van der Waals surface area contributed by atoms with E-state index in [1.807, 2.05) is 13.8 Å². The fourth-order valence-electron chi connectivity index (χ4n) is 3.30. The number of hydrogen-bond donors (Lipinski definition) is 0. The van der Waals surface area contributed by atoms with Crippen molar-refractivity contribution in [3.05, 3.63) is 33.9 Å². The van der Waals surface area contributed by atoms with Crippen molar-refractivity contribution in [2.24, 2.45) is 0 Å². The average Bonchev–Trinajstić information content (AvgIpc) is 2.60. The predicted molar refractivity (Wildman–Crippen MR) is 94.1 cm³/mol. The summed E-state index contributed by atoms with van der Waals surface area (Å²) in [6.07, 6.45) is 1.94. The van der Waals surface area contributed by atoms with Crippen LogP contribution < -0.4 is 4.74 Å². The number of likely N-dealkylation sites (tertiary alicyclic amines) is 1. The summed E-state index contributed by atoms with van der Waals surface area (Å²) in [6.45, 7) is 5.48. The van der Waals surface area contributed by atoms with Crippen LogP contribution in [-0.4, -0.2) is 47.0 Å². The molecule has 0 saturated carbocycles. The van der Waals surface area contributed by atoms with Gasteiger partial charge in [-0.1, -0.05) is 0 Å². The Morgan fingerprint density at radius 2 is 1.88 bits per heavy atom. The molecule has 3 atom stereocenters. The Labute approximate surface area is 152 Å².